The number of nitro groups is 2. The summed E-state index contributed by atoms with van der Waals surface area (Å²) in [6.07, 6.45) is -1.88. The maximum Gasteiger partial charge on any atom is 0.282 e. The van der Waals surface area contributed by atoms with Crippen LogP contribution in [-0.4, -0.2) is 20.7 Å². The van der Waals surface area contributed by atoms with E-state index in [-0.39, 0.29) is 0 Å². The smallest absolute Gasteiger partial charge is 0.282 e. The minimum absolute atomic E-state index is 0.588. The topological polar surface area (TPSA) is 124 Å². The van der Waals surface area contributed by atoms with Gasteiger partial charge in [0.1, 0.15) is 5.56 Å². The highest BCUT2D eigenvalue weighted by molar-refractivity contribution is 5.84. The van der Waals surface area contributed by atoms with Crippen molar-refractivity contribution in [3.8, 4) is 0 Å². The zero-order chi connectivity index (χ0) is 13.2. The van der Waals surface area contributed by atoms with Crippen LogP contribution in [0.15, 0.2) is 18.2 Å². The van der Waals surface area contributed by atoms with Crippen LogP contribution < -0.4 is 0 Å². The highest BCUT2D eigenvalue weighted by atomic mass is 16.6. The Balaban J connectivity index is 3.54. The van der Waals surface area contributed by atoms with Crippen LogP contribution in [0.4, 0.5) is 11.4 Å². The summed E-state index contributed by atoms with van der Waals surface area (Å²) in [5.41, 5.74) is -1.89. The van der Waals surface area contributed by atoms with Gasteiger partial charge in [0.25, 0.3) is 11.4 Å². The molecule has 0 radical (unpaired) electrons. The van der Waals surface area contributed by atoms with Gasteiger partial charge in [0.05, 0.1) is 9.85 Å². The van der Waals surface area contributed by atoms with Crippen molar-refractivity contribution in [2.75, 3.05) is 0 Å². The first-order valence-corrected chi connectivity index (χ1v) is 4.46. The van der Waals surface area contributed by atoms with Crippen molar-refractivity contribution in [1.29, 1.82) is 0 Å². The molecule has 0 aliphatic heterocycles. The molecule has 1 N–H and O–H groups in total. The van der Waals surface area contributed by atoms with Gasteiger partial charge in [-0.05, 0) is 13.0 Å². The number of ketones is 1. The molecule has 0 saturated carbocycles. The van der Waals surface area contributed by atoms with E-state index in [0.29, 0.717) is 0 Å². The molecule has 0 spiro atoms. The molecule has 0 aliphatic rings. The van der Waals surface area contributed by atoms with E-state index < -0.39 is 38.7 Å². The van der Waals surface area contributed by atoms with Crippen LogP contribution in [0, 0.1) is 20.2 Å². The molecule has 0 saturated heterocycles. The molecular formula is C9H8N2O6. The van der Waals surface area contributed by atoms with Gasteiger partial charge in [-0.1, -0.05) is 0 Å². The van der Waals surface area contributed by atoms with Crippen molar-refractivity contribution < 1.29 is 19.7 Å². The standard InChI is InChI=1S/C9H8N2O6/c1-5(12)9(13)8-6(10(14)15)3-2-4-7(8)11(16)17/h2-4,9,13H,1H3. The van der Waals surface area contributed by atoms with Crippen LogP contribution in [-0.2, 0) is 4.79 Å². The molecule has 0 aromatic heterocycles. The number of aliphatic hydroxyl groups is 1. The van der Waals surface area contributed by atoms with E-state index in [1.165, 1.54) is 0 Å². The van der Waals surface area contributed by atoms with Crippen LogP contribution >= 0.6 is 0 Å². The number of nitrogens with zero attached hydrogens (tertiary/aromatic N) is 2. The number of carbonyl (C=O) groups is 1. The number of carbonyl (C=O) groups excluding carboxylic acids is 1. The third kappa shape index (κ3) is 2.42. The molecule has 1 aromatic carbocycles. The first-order valence-electron chi connectivity index (χ1n) is 4.46. The Morgan fingerprint density at radius 1 is 1.24 bits per heavy atom. The van der Waals surface area contributed by atoms with Gasteiger partial charge in [-0.15, -0.1) is 0 Å². The van der Waals surface area contributed by atoms with Crippen LogP contribution in [0.25, 0.3) is 0 Å². The summed E-state index contributed by atoms with van der Waals surface area (Å²) in [5, 5.41) is 30.9. The zero-order valence-electron chi connectivity index (χ0n) is 8.69. The predicted molar refractivity (Wildman–Crippen MR) is 55.4 cm³/mol. The first kappa shape index (κ1) is 12.7. The monoisotopic (exact) mass is 240 g/mol. The first-order chi connectivity index (χ1) is 7.86. The Bertz CT molecular complexity index is 466. The largest absolute Gasteiger partial charge is 0.380 e. The average Bonchev–Trinajstić information content (AvgIpc) is 2.26. The minimum atomic E-state index is -1.88. The molecular weight excluding hydrogens is 232 g/mol. The highest BCUT2D eigenvalue weighted by Gasteiger charge is 2.32. The van der Waals surface area contributed by atoms with E-state index in [1.807, 2.05) is 0 Å². The SMILES string of the molecule is CC(=O)C(O)c1c([N+](=O)[O-])cccc1[N+](=O)[O-]. The van der Waals surface area contributed by atoms with E-state index >= 15 is 0 Å². The number of benzene rings is 1. The van der Waals surface area contributed by atoms with E-state index in [0.717, 1.165) is 25.1 Å². The Morgan fingerprint density at radius 2 is 1.65 bits per heavy atom. The molecule has 1 rings (SSSR count). The fourth-order valence-corrected chi connectivity index (χ4v) is 1.34. The Labute approximate surface area is 94.8 Å². The maximum absolute atomic E-state index is 11.0. The lowest BCUT2D eigenvalue weighted by Gasteiger charge is -2.07. The number of rotatable bonds is 4. The van der Waals surface area contributed by atoms with E-state index in [1.54, 1.807) is 0 Å². The zero-order valence-corrected chi connectivity index (χ0v) is 8.69. The van der Waals surface area contributed by atoms with Crippen molar-refractivity contribution in [2.45, 2.75) is 13.0 Å². The van der Waals surface area contributed by atoms with Crippen molar-refractivity contribution in [3.05, 3.63) is 44.0 Å². The fourth-order valence-electron chi connectivity index (χ4n) is 1.34. The molecule has 0 amide bonds. The molecule has 90 valence electrons. The second-order valence-electron chi connectivity index (χ2n) is 3.24. The molecule has 0 heterocycles. The molecule has 8 nitrogen and oxygen atoms in total. The summed E-state index contributed by atoms with van der Waals surface area (Å²) in [4.78, 5) is 30.6. The van der Waals surface area contributed by atoms with E-state index in [4.69, 9.17) is 0 Å². The van der Waals surface area contributed by atoms with Gasteiger partial charge >= 0.3 is 0 Å². The average molecular weight is 240 g/mol. The Hall–Kier alpha value is -2.35. The molecule has 1 atom stereocenters. The summed E-state index contributed by atoms with van der Waals surface area (Å²) in [6.45, 7) is 0.991. The normalized spacial score (nSPS) is 11.9. The number of nitro benzene ring substituents is 2. The third-order valence-corrected chi connectivity index (χ3v) is 2.11. The van der Waals surface area contributed by atoms with Crippen molar-refractivity contribution >= 4 is 17.2 Å². The number of Topliss-reactive ketones (excluding diaryl/α,β-unsaturated/α-hetero) is 1. The Morgan fingerprint density at radius 3 is 1.94 bits per heavy atom. The summed E-state index contributed by atoms with van der Waals surface area (Å²) >= 11 is 0. The molecule has 0 fully saturated rings. The van der Waals surface area contributed by atoms with Gasteiger partial charge in [-0.2, -0.15) is 0 Å². The lowest BCUT2D eigenvalue weighted by Crippen LogP contribution is -2.12. The predicted octanol–water partition coefficient (Wildman–Crippen LogP) is 1.13. The van der Waals surface area contributed by atoms with Crippen molar-refractivity contribution in [2.24, 2.45) is 0 Å². The van der Waals surface area contributed by atoms with Crippen LogP contribution in [0.1, 0.15) is 18.6 Å². The summed E-state index contributed by atoms with van der Waals surface area (Å²) in [5.74, 6) is -0.803. The minimum Gasteiger partial charge on any atom is -0.380 e. The number of hydrogen-bond acceptors (Lipinski definition) is 6. The van der Waals surface area contributed by atoms with Crippen LogP contribution in [0.3, 0.4) is 0 Å². The molecule has 1 unspecified atom stereocenters. The van der Waals surface area contributed by atoms with Gasteiger partial charge in [-0.25, -0.2) is 0 Å². The Kier molecular flexibility index (Phi) is 3.49. The van der Waals surface area contributed by atoms with Crippen molar-refractivity contribution in [1.82, 2.24) is 0 Å². The van der Waals surface area contributed by atoms with E-state index in [9.17, 15) is 30.1 Å². The molecule has 0 aliphatic carbocycles. The van der Waals surface area contributed by atoms with Crippen LogP contribution in [0.2, 0.25) is 0 Å². The van der Waals surface area contributed by atoms with Gasteiger partial charge in [0, 0.05) is 12.1 Å². The van der Waals surface area contributed by atoms with Crippen LogP contribution in [0.5, 0.6) is 0 Å². The van der Waals surface area contributed by atoms with Crippen molar-refractivity contribution in [3.63, 3.8) is 0 Å². The summed E-state index contributed by atoms with van der Waals surface area (Å²) in [6, 6.07) is 3.11. The number of hydrogen-bond donors (Lipinski definition) is 1. The lowest BCUT2D eigenvalue weighted by molar-refractivity contribution is -0.396. The summed E-state index contributed by atoms with van der Waals surface area (Å²) in [7, 11) is 0. The van der Waals surface area contributed by atoms with E-state index in [2.05, 4.69) is 0 Å². The highest BCUT2D eigenvalue weighted by Crippen LogP contribution is 2.33. The summed E-state index contributed by atoms with van der Waals surface area (Å²) < 4.78 is 0. The molecule has 1 aromatic rings. The second kappa shape index (κ2) is 4.66. The van der Waals surface area contributed by atoms with Gasteiger partial charge < -0.3 is 5.11 Å². The second-order valence-corrected chi connectivity index (χ2v) is 3.24. The third-order valence-electron chi connectivity index (χ3n) is 2.11. The number of aliphatic hydroxyl groups excluding tert-OH is 1. The lowest BCUT2D eigenvalue weighted by atomic mass is 10.0. The van der Waals surface area contributed by atoms with Gasteiger partial charge in [0.15, 0.2) is 11.9 Å². The fraction of sp³-hybridized carbons (Fsp3) is 0.222. The molecule has 0 bridgehead atoms. The molecule has 17 heavy (non-hydrogen) atoms. The van der Waals surface area contributed by atoms with Gasteiger partial charge in [-0.3, -0.25) is 25.0 Å². The quantitative estimate of drug-likeness (QED) is 0.621. The van der Waals surface area contributed by atoms with Gasteiger partial charge in [0.2, 0.25) is 0 Å². The molecule has 8 heteroatoms. The maximum atomic E-state index is 11.0.